The van der Waals surface area contributed by atoms with Gasteiger partial charge in [0.2, 0.25) is 0 Å². The van der Waals surface area contributed by atoms with E-state index in [0.717, 1.165) is 29.7 Å². The van der Waals surface area contributed by atoms with Gasteiger partial charge in [0.25, 0.3) is 5.91 Å². The highest BCUT2D eigenvalue weighted by molar-refractivity contribution is 7.17. The van der Waals surface area contributed by atoms with Gasteiger partial charge in [-0.2, -0.15) is 0 Å². The molecule has 0 radical (unpaired) electrons. The number of ether oxygens (including phenoxy) is 2. The van der Waals surface area contributed by atoms with Crippen molar-refractivity contribution in [2.24, 2.45) is 5.92 Å². The first kappa shape index (κ1) is 20.1. The Morgan fingerprint density at radius 3 is 2.79 bits per heavy atom. The maximum Gasteiger partial charge on any atom is 0.341 e. The number of carbonyl (C=O) groups excluding carboxylic acids is 3. The fraction of sp³-hybridized carbons (Fsp3) is 0.381. The average Bonchev–Trinajstić information content (AvgIpc) is 3.02. The number of hydrogen-bond donors (Lipinski definition) is 1. The number of hydrogen-bond acceptors (Lipinski definition) is 6. The van der Waals surface area contributed by atoms with Gasteiger partial charge in [-0.3, -0.25) is 9.59 Å². The highest BCUT2D eigenvalue weighted by Gasteiger charge is 2.28. The van der Waals surface area contributed by atoms with Crippen LogP contribution in [0, 0.1) is 5.92 Å². The number of benzene rings is 1. The van der Waals surface area contributed by atoms with Gasteiger partial charge in [-0.15, -0.1) is 11.3 Å². The molecule has 0 bridgehead atoms. The molecule has 3 rings (SSSR count). The lowest BCUT2D eigenvalue weighted by atomic mass is 9.88. The molecule has 2 aromatic rings. The largest absolute Gasteiger partial charge is 0.484 e. The molecule has 0 fully saturated rings. The third kappa shape index (κ3) is 4.42. The minimum absolute atomic E-state index is 0.0731. The van der Waals surface area contributed by atoms with E-state index in [1.165, 1.54) is 25.4 Å². The first-order chi connectivity index (χ1) is 13.4. The Bertz CT molecular complexity index is 918. The number of Topliss-reactive ketones (excluding diaryl/α,β-unsaturated/α-hetero) is 1. The number of fused-ring (bicyclic) bond motifs is 1. The highest BCUT2D eigenvalue weighted by Crippen LogP contribution is 2.40. The summed E-state index contributed by atoms with van der Waals surface area (Å²) in [4.78, 5) is 37.3. The molecule has 1 unspecified atom stereocenters. The Hall–Kier alpha value is -2.67. The Morgan fingerprint density at radius 2 is 2.07 bits per heavy atom. The van der Waals surface area contributed by atoms with Crippen molar-refractivity contribution in [3.63, 3.8) is 0 Å². The molecule has 28 heavy (non-hydrogen) atoms. The number of ketones is 1. The molecule has 0 spiro atoms. The molecule has 1 aliphatic rings. The molecule has 0 saturated carbocycles. The maximum absolute atomic E-state index is 12.4. The van der Waals surface area contributed by atoms with Crippen LogP contribution in [0.1, 0.15) is 51.4 Å². The molecule has 148 valence electrons. The fourth-order valence-corrected chi connectivity index (χ4v) is 4.69. The van der Waals surface area contributed by atoms with E-state index in [0.29, 0.717) is 27.8 Å². The number of anilines is 1. The van der Waals surface area contributed by atoms with Crippen LogP contribution in [0.4, 0.5) is 5.00 Å². The summed E-state index contributed by atoms with van der Waals surface area (Å²) in [5.74, 6) is 0.117. The summed E-state index contributed by atoms with van der Waals surface area (Å²) in [5, 5.41) is 3.30. The van der Waals surface area contributed by atoms with Crippen molar-refractivity contribution in [1.29, 1.82) is 0 Å². The van der Waals surface area contributed by atoms with E-state index in [2.05, 4.69) is 12.2 Å². The molecule has 1 heterocycles. The van der Waals surface area contributed by atoms with Gasteiger partial charge in [0.05, 0.1) is 12.7 Å². The fourth-order valence-electron chi connectivity index (χ4n) is 3.27. The van der Waals surface area contributed by atoms with Crippen LogP contribution in [0.25, 0.3) is 0 Å². The van der Waals surface area contributed by atoms with Crippen LogP contribution in [-0.4, -0.2) is 31.4 Å². The summed E-state index contributed by atoms with van der Waals surface area (Å²) in [7, 11) is 1.34. The number of nitrogens with one attached hydrogen (secondary N) is 1. The van der Waals surface area contributed by atoms with Crippen LogP contribution in [-0.2, 0) is 22.4 Å². The van der Waals surface area contributed by atoms with Crippen LogP contribution in [0.3, 0.4) is 0 Å². The highest BCUT2D eigenvalue weighted by atomic mass is 32.1. The molecule has 7 heteroatoms. The molecule has 0 aliphatic heterocycles. The smallest absolute Gasteiger partial charge is 0.341 e. The summed E-state index contributed by atoms with van der Waals surface area (Å²) < 4.78 is 10.4. The second kappa shape index (κ2) is 8.56. The molecule has 1 aromatic heterocycles. The quantitative estimate of drug-likeness (QED) is 0.587. The van der Waals surface area contributed by atoms with E-state index in [1.807, 2.05) is 0 Å². The van der Waals surface area contributed by atoms with Crippen molar-refractivity contribution in [3.8, 4) is 5.75 Å². The van der Waals surface area contributed by atoms with Gasteiger partial charge >= 0.3 is 5.97 Å². The SMILES string of the molecule is COC(=O)c1c(NC(=O)COc2cccc(C(C)=O)c2)sc2c1CCC(C)C2. The summed E-state index contributed by atoms with van der Waals surface area (Å²) >= 11 is 1.43. The first-order valence-corrected chi connectivity index (χ1v) is 9.97. The van der Waals surface area contributed by atoms with Crippen LogP contribution in [0.2, 0.25) is 0 Å². The number of thiophene rings is 1. The van der Waals surface area contributed by atoms with E-state index in [-0.39, 0.29) is 18.3 Å². The van der Waals surface area contributed by atoms with Crippen molar-refractivity contribution >= 4 is 34.0 Å². The Kier molecular flexibility index (Phi) is 6.14. The first-order valence-electron chi connectivity index (χ1n) is 9.15. The average molecular weight is 401 g/mol. The lowest BCUT2D eigenvalue weighted by molar-refractivity contribution is -0.118. The number of esters is 1. The van der Waals surface area contributed by atoms with E-state index in [1.54, 1.807) is 24.3 Å². The zero-order valence-corrected chi connectivity index (χ0v) is 17.0. The van der Waals surface area contributed by atoms with Gasteiger partial charge in [0.15, 0.2) is 12.4 Å². The molecule has 6 nitrogen and oxygen atoms in total. The van der Waals surface area contributed by atoms with Crippen molar-refractivity contribution in [2.75, 3.05) is 19.0 Å². The second-order valence-electron chi connectivity index (χ2n) is 6.97. The lowest BCUT2D eigenvalue weighted by Crippen LogP contribution is -2.21. The predicted molar refractivity (Wildman–Crippen MR) is 107 cm³/mol. The van der Waals surface area contributed by atoms with E-state index in [4.69, 9.17) is 9.47 Å². The lowest BCUT2D eigenvalue weighted by Gasteiger charge is -2.18. The molecular formula is C21H23NO5S. The zero-order chi connectivity index (χ0) is 20.3. The monoisotopic (exact) mass is 401 g/mol. The van der Waals surface area contributed by atoms with Crippen LogP contribution in [0.5, 0.6) is 5.75 Å². The molecular weight excluding hydrogens is 378 g/mol. The summed E-state index contributed by atoms with van der Waals surface area (Å²) in [5.41, 5.74) is 1.97. The second-order valence-corrected chi connectivity index (χ2v) is 8.07. The normalized spacial score (nSPS) is 15.5. The molecule has 1 amide bonds. The summed E-state index contributed by atoms with van der Waals surface area (Å²) in [6.07, 6.45) is 2.71. The molecule has 1 N–H and O–H groups in total. The van der Waals surface area contributed by atoms with E-state index < -0.39 is 5.97 Å². The molecule has 0 saturated heterocycles. The summed E-state index contributed by atoms with van der Waals surface area (Å²) in [6.45, 7) is 3.43. The minimum Gasteiger partial charge on any atom is -0.484 e. The minimum atomic E-state index is -0.433. The third-order valence-corrected chi connectivity index (χ3v) is 5.93. The molecule has 1 atom stereocenters. The summed E-state index contributed by atoms with van der Waals surface area (Å²) in [6, 6.07) is 6.68. The van der Waals surface area contributed by atoms with Crippen molar-refractivity contribution < 1.29 is 23.9 Å². The van der Waals surface area contributed by atoms with Gasteiger partial charge in [0.1, 0.15) is 10.8 Å². The zero-order valence-electron chi connectivity index (χ0n) is 16.2. The third-order valence-electron chi connectivity index (χ3n) is 4.76. The number of amides is 1. The van der Waals surface area contributed by atoms with Gasteiger partial charge in [-0.25, -0.2) is 4.79 Å². The van der Waals surface area contributed by atoms with Crippen LogP contribution < -0.4 is 10.1 Å². The Balaban J connectivity index is 1.72. The number of rotatable bonds is 6. The molecule has 1 aliphatic carbocycles. The van der Waals surface area contributed by atoms with Gasteiger partial charge in [-0.1, -0.05) is 19.1 Å². The van der Waals surface area contributed by atoms with Gasteiger partial charge in [-0.05, 0) is 49.8 Å². The Labute approximate surface area is 167 Å². The molecule has 1 aromatic carbocycles. The number of carbonyl (C=O) groups is 3. The van der Waals surface area contributed by atoms with E-state index in [9.17, 15) is 14.4 Å². The Morgan fingerprint density at radius 1 is 1.29 bits per heavy atom. The maximum atomic E-state index is 12.4. The van der Waals surface area contributed by atoms with E-state index >= 15 is 0 Å². The van der Waals surface area contributed by atoms with Crippen molar-refractivity contribution in [3.05, 3.63) is 45.8 Å². The predicted octanol–water partition coefficient (Wildman–Crippen LogP) is 3.88. The van der Waals surface area contributed by atoms with Crippen LogP contribution >= 0.6 is 11.3 Å². The topological polar surface area (TPSA) is 81.7 Å². The number of methoxy groups -OCH3 is 1. The van der Waals surface area contributed by atoms with Crippen LogP contribution in [0.15, 0.2) is 24.3 Å². The standard InChI is InChI=1S/C21H23NO5S/c1-12-7-8-16-17(9-12)28-20(19(16)21(25)26-3)22-18(24)11-27-15-6-4-5-14(10-15)13(2)23/h4-6,10,12H,7-9,11H2,1-3H3,(H,22,24). The van der Waals surface area contributed by atoms with Gasteiger partial charge < -0.3 is 14.8 Å². The van der Waals surface area contributed by atoms with Crippen molar-refractivity contribution in [2.45, 2.75) is 33.1 Å². The van der Waals surface area contributed by atoms with Crippen molar-refractivity contribution in [1.82, 2.24) is 0 Å². The van der Waals surface area contributed by atoms with Gasteiger partial charge in [0, 0.05) is 10.4 Å².